The van der Waals surface area contributed by atoms with Gasteiger partial charge in [0.1, 0.15) is 0 Å². The van der Waals surface area contributed by atoms with Crippen LogP contribution in [-0.2, 0) is 0 Å². The number of H-pyrrole nitrogens is 2. The lowest BCUT2D eigenvalue weighted by atomic mass is 9.89. The Morgan fingerprint density at radius 2 is 0.672 bits per heavy atom. The molecule has 0 bridgehead atoms. The van der Waals surface area contributed by atoms with Crippen molar-refractivity contribution in [1.29, 1.82) is 0 Å². The van der Waals surface area contributed by atoms with E-state index in [2.05, 4.69) is 239 Å². The Kier molecular flexibility index (Phi) is 8.17. The van der Waals surface area contributed by atoms with Gasteiger partial charge in [0.2, 0.25) is 0 Å². The third-order valence-corrected chi connectivity index (χ3v) is 12.4. The second-order valence-corrected chi connectivity index (χ2v) is 15.8. The molecule has 0 aliphatic rings. The zero-order chi connectivity index (χ0) is 40.3. The summed E-state index contributed by atoms with van der Waals surface area (Å²) < 4.78 is 0. The average molecular weight is 778 g/mol. The van der Waals surface area contributed by atoms with Crippen LogP contribution in [-0.4, -0.2) is 9.97 Å². The van der Waals surface area contributed by atoms with Crippen LogP contribution < -0.4 is 4.90 Å². The van der Waals surface area contributed by atoms with E-state index in [4.69, 9.17) is 0 Å². The van der Waals surface area contributed by atoms with Gasteiger partial charge in [-0.3, -0.25) is 0 Å². The van der Waals surface area contributed by atoms with Crippen LogP contribution in [0.3, 0.4) is 0 Å². The van der Waals surface area contributed by atoms with Crippen molar-refractivity contribution in [2.24, 2.45) is 0 Å². The number of anilines is 3. The van der Waals surface area contributed by atoms with Crippen molar-refractivity contribution >= 4 is 71.4 Å². The molecule has 0 atom stereocenters. The Balaban J connectivity index is 1.21. The minimum Gasteiger partial charge on any atom is -0.354 e. The third kappa shape index (κ3) is 5.66. The summed E-state index contributed by atoms with van der Waals surface area (Å²) in [6.45, 7) is 0. The molecule has 12 aromatic rings. The Morgan fingerprint density at radius 3 is 1.21 bits per heavy atom. The molecule has 0 amide bonds. The molecule has 2 aromatic heterocycles. The zero-order valence-corrected chi connectivity index (χ0v) is 33.3. The minimum atomic E-state index is 1.08. The second-order valence-electron chi connectivity index (χ2n) is 15.8. The quantitative estimate of drug-likeness (QED) is 0.166. The van der Waals surface area contributed by atoms with Crippen LogP contribution in [0.2, 0.25) is 0 Å². The molecule has 0 aliphatic carbocycles. The topological polar surface area (TPSA) is 34.8 Å². The van der Waals surface area contributed by atoms with E-state index >= 15 is 0 Å². The number of aromatic nitrogens is 2. The highest BCUT2D eigenvalue weighted by Crippen LogP contribution is 2.52. The number of benzene rings is 10. The fourth-order valence-electron chi connectivity index (χ4n) is 9.67. The summed E-state index contributed by atoms with van der Waals surface area (Å²) in [5, 5.41) is 7.20. The maximum atomic E-state index is 3.90. The van der Waals surface area contributed by atoms with Gasteiger partial charge in [-0.1, -0.05) is 194 Å². The monoisotopic (exact) mass is 777 g/mol. The van der Waals surface area contributed by atoms with Gasteiger partial charge in [-0.25, -0.2) is 0 Å². The molecule has 12 rings (SSSR count). The first-order valence-electron chi connectivity index (χ1n) is 20.9. The fourth-order valence-corrected chi connectivity index (χ4v) is 9.67. The standard InChI is InChI=1S/C58H39N3/c1-3-18-39(19-4-1)42-34-36-46-44-25-9-13-29-50(44)59-57(46)55(42)48-27-11-15-31-53(48)61(52-33-17-23-38-22-7-8-24-41(38)52)54-32-16-12-28-49(54)56-43(40-20-5-2-6-21-40)35-37-47-45-26-10-14-30-51(45)60-58(47)56/h1-37,59-60H. The molecular formula is C58H39N3. The molecule has 61 heavy (non-hydrogen) atoms. The van der Waals surface area contributed by atoms with Gasteiger partial charge in [-0.2, -0.15) is 0 Å². The molecule has 0 aliphatic heterocycles. The lowest BCUT2D eigenvalue weighted by Crippen LogP contribution is -2.13. The predicted octanol–water partition coefficient (Wildman–Crippen LogP) is 16.2. The van der Waals surface area contributed by atoms with Crippen molar-refractivity contribution < 1.29 is 0 Å². The lowest BCUT2D eigenvalue weighted by Gasteiger charge is -2.31. The Hall–Kier alpha value is -8.14. The SMILES string of the molecule is c1ccc(-c2ccc3c([nH]c4ccccc43)c2-c2ccccc2N(c2ccccc2-c2c(-c3ccccc3)ccc3c2[nH]c2ccccc23)c2cccc3ccccc23)cc1. The normalized spacial score (nSPS) is 11.6. The first-order chi connectivity index (χ1) is 30.3. The highest BCUT2D eigenvalue weighted by molar-refractivity contribution is 6.18. The number of hydrogen-bond acceptors (Lipinski definition) is 1. The van der Waals surface area contributed by atoms with Gasteiger partial charge < -0.3 is 14.9 Å². The molecule has 0 unspecified atom stereocenters. The first kappa shape index (κ1) is 34.9. The van der Waals surface area contributed by atoms with Crippen LogP contribution in [0, 0.1) is 0 Å². The maximum absolute atomic E-state index is 3.90. The van der Waals surface area contributed by atoms with Gasteiger partial charge in [0.05, 0.1) is 28.1 Å². The van der Waals surface area contributed by atoms with Crippen LogP contribution in [0.5, 0.6) is 0 Å². The van der Waals surface area contributed by atoms with E-state index in [1.165, 1.54) is 65.7 Å². The van der Waals surface area contributed by atoms with Crippen LogP contribution in [0.1, 0.15) is 0 Å². The molecule has 3 heteroatoms. The van der Waals surface area contributed by atoms with Crippen molar-refractivity contribution in [3.8, 4) is 44.5 Å². The van der Waals surface area contributed by atoms with Crippen LogP contribution >= 0.6 is 0 Å². The molecule has 0 saturated carbocycles. The highest BCUT2D eigenvalue weighted by Gasteiger charge is 2.27. The van der Waals surface area contributed by atoms with E-state index in [0.29, 0.717) is 0 Å². The van der Waals surface area contributed by atoms with E-state index in [0.717, 1.165) is 50.3 Å². The molecule has 3 nitrogen and oxygen atoms in total. The lowest BCUT2D eigenvalue weighted by molar-refractivity contribution is 1.30. The van der Waals surface area contributed by atoms with Gasteiger partial charge in [0.25, 0.3) is 0 Å². The first-order valence-corrected chi connectivity index (χ1v) is 20.9. The zero-order valence-electron chi connectivity index (χ0n) is 33.3. The number of fused-ring (bicyclic) bond motifs is 7. The van der Waals surface area contributed by atoms with Crippen molar-refractivity contribution in [1.82, 2.24) is 9.97 Å². The number of nitrogens with one attached hydrogen (secondary N) is 2. The summed E-state index contributed by atoms with van der Waals surface area (Å²) in [5.74, 6) is 0. The molecular weight excluding hydrogens is 739 g/mol. The van der Waals surface area contributed by atoms with E-state index in [-0.39, 0.29) is 0 Å². The fraction of sp³-hybridized carbons (Fsp3) is 0. The van der Waals surface area contributed by atoms with Gasteiger partial charge in [0.15, 0.2) is 0 Å². The molecule has 0 radical (unpaired) electrons. The van der Waals surface area contributed by atoms with Crippen LogP contribution in [0.15, 0.2) is 224 Å². The van der Waals surface area contributed by atoms with Gasteiger partial charge in [-0.05, 0) is 58.0 Å². The summed E-state index contributed by atoms with van der Waals surface area (Å²) in [6.07, 6.45) is 0. The summed E-state index contributed by atoms with van der Waals surface area (Å²) in [6, 6.07) is 81.4. The summed E-state index contributed by atoms with van der Waals surface area (Å²) in [4.78, 5) is 10.3. The van der Waals surface area contributed by atoms with Crippen molar-refractivity contribution in [2.45, 2.75) is 0 Å². The van der Waals surface area contributed by atoms with Crippen LogP contribution in [0.4, 0.5) is 17.1 Å². The minimum absolute atomic E-state index is 1.08. The summed E-state index contributed by atoms with van der Waals surface area (Å²) in [7, 11) is 0. The molecule has 0 fully saturated rings. The molecule has 10 aromatic carbocycles. The summed E-state index contributed by atoms with van der Waals surface area (Å²) >= 11 is 0. The molecule has 286 valence electrons. The van der Waals surface area contributed by atoms with E-state index in [1.807, 2.05) is 0 Å². The van der Waals surface area contributed by atoms with E-state index in [9.17, 15) is 0 Å². The second kappa shape index (κ2) is 14.3. The third-order valence-electron chi connectivity index (χ3n) is 12.4. The van der Waals surface area contributed by atoms with Crippen LogP contribution in [0.25, 0.3) is 98.9 Å². The highest BCUT2D eigenvalue weighted by atomic mass is 15.1. The smallest absolute Gasteiger partial charge is 0.0551 e. The number of hydrogen-bond donors (Lipinski definition) is 2. The Morgan fingerprint density at radius 1 is 0.262 bits per heavy atom. The van der Waals surface area contributed by atoms with Gasteiger partial charge in [-0.15, -0.1) is 0 Å². The Bertz CT molecular complexity index is 3390. The van der Waals surface area contributed by atoms with E-state index in [1.54, 1.807) is 0 Å². The number of nitrogens with zero attached hydrogens (tertiary/aromatic N) is 1. The largest absolute Gasteiger partial charge is 0.354 e. The average Bonchev–Trinajstić information content (AvgIpc) is 3.91. The van der Waals surface area contributed by atoms with Gasteiger partial charge >= 0.3 is 0 Å². The van der Waals surface area contributed by atoms with Crippen molar-refractivity contribution in [3.05, 3.63) is 224 Å². The number of rotatable bonds is 7. The van der Waals surface area contributed by atoms with Crippen molar-refractivity contribution in [2.75, 3.05) is 4.90 Å². The number of aromatic amines is 2. The molecule has 2 N–H and O–H groups in total. The predicted molar refractivity (Wildman–Crippen MR) is 259 cm³/mol. The number of para-hydroxylation sites is 4. The summed E-state index contributed by atoms with van der Waals surface area (Å²) in [5.41, 5.74) is 17.0. The van der Waals surface area contributed by atoms with Crippen molar-refractivity contribution in [3.63, 3.8) is 0 Å². The maximum Gasteiger partial charge on any atom is 0.0551 e. The molecule has 0 spiro atoms. The molecule has 2 heterocycles. The van der Waals surface area contributed by atoms with E-state index < -0.39 is 0 Å². The Labute approximate surface area is 353 Å². The molecule has 0 saturated heterocycles. The van der Waals surface area contributed by atoms with Gasteiger partial charge in [0, 0.05) is 60.2 Å².